The van der Waals surface area contributed by atoms with E-state index in [-0.39, 0.29) is 45.0 Å². The Morgan fingerprint density at radius 1 is 0.912 bits per heavy atom. The third-order valence-electron chi connectivity index (χ3n) is 4.33. The molecule has 0 amide bonds. The second kappa shape index (κ2) is 9.79. The smallest absolute Gasteiger partial charge is 0.417 e. The lowest BCUT2D eigenvalue weighted by Gasteiger charge is -2.14. The average Bonchev–Trinajstić information content (AvgIpc) is 2.80. The molecule has 0 atom stereocenters. The zero-order valence-electron chi connectivity index (χ0n) is 17.5. The number of esters is 2. The lowest BCUT2D eigenvalue weighted by atomic mass is 10.1. The number of pyridine rings is 1. The monoisotopic (exact) mass is 496 g/mol. The van der Waals surface area contributed by atoms with Gasteiger partial charge in [0.15, 0.2) is 11.6 Å². The Morgan fingerprint density at radius 2 is 1.47 bits per heavy atom. The molecule has 178 valence electrons. The van der Waals surface area contributed by atoms with Crippen LogP contribution in [-0.4, -0.2) is 41.1 Å². The van der Waals surface area contributed by atoms with Crippen molar-refractivity contribution in [2.45, 2.75) is 6.18 Å². The van der Waals surface area contributed by atoms with Gasteiger partial charge in [-0.1, -0.05) is 11.6 Å². The Morgan fingerprint density at radius 3 is 1.97 bits per heavy atom. The highest BCUT2D eigenvalue weighted by atomic mass is 35.5. The fourth-order valence-electron chi connectivity index (χ4n) is 2.70. The van der Waals surface area contributed by atoms with Gasteiger partial charge in [0.25, 0.3) is 0 Å². The van der Waals surface area contributed by atoms with Gasteiger partial charge in [-0.3, -0.25) is 0 Å². The number of carbonyl (C=O) groups excluding carboxylic acids is 2. The Balaban J connectivity index is 1.93. The predicted molar refractivity (Wildman–Crippen MR) is 116 cm³/mol. The molecule has 0 radical (unpaired) electrons. The first-order chi connectivity index (χ1) is 16.0. The van der Waals surface area contributed by atoms with Crippen LogP contribution in [0.2, 0.25) is 5.02 Å². The molecule has 0 unspecified atom stereocenters. The number of nitrogens with two attached hydrogens (primary N) is 1. The number of hydrogen-bond acceptors (Lipinski definition) is 10. The number of carbonyl (C=O) groups is 2. The summed E-state index contributed by atoms with van der Waals surface area (Å²) in [6.07, 6.45) is -2.89. The molecule has 4 N–H and O–H groups in total. The molecule has 0 saturated carbocycles. The molecule has 3 aromatic rings. The lowest BCUT2D eigenvalue weighted by Crippen LogP contribution is -2.10. The number of nitrogens with one attached hydrogen (secondary N) is 2. The van der Waals surface area contributed by atoms with E-state index in [9.17, 15) is 22.8 Å². The van der Waals surface area contributed by atoms with Crippen LogP contribution in [0.3, 0.4) is 0 Å². The molecule has 0 aliphatic carbocycles. The first kappa shape index (κ1) is 24.5. The average molecular weight is 497 g/mol. The maximum Gasteiger partial charge on any atom is 0.417 e. The summed E-state index contributed by atoms with van der Waals surface area (Å²) in [7, 11) is 2.36. The van der Waals surface area contributed by atoms with Crippen LogP contribution in [-0.2, 0) is 15.7 Å². The van der Waals surface area contributed by atoms with E-state index in [2.05, 4.69) is 25.6 Å². The number of aromatic nitrogens is 3. The fourth-order valence-corrected chi connectivity index (χ4v) is 2.91. The van der Waals surface area contributed by atoms with Crippen LogP contribution in [0.15, 0.2) is 36.8 Å². The molecule has 0 aliphatic rings. The van der Waals surface area contributed by atoms with E-state index in [1.54, 1.807) is 0 Å². The second-order valence-corrected chi connectivity index (χ2v) is 6.98. The van der Waals surface area contributed by atoms with Gasteiger partial charge >= 0.3 is 18.1 Å². The van der Waals surface area contributed by atoms with Crippen LogP contribution in [0, 0.1) is 0 Å². The number of hydrogen-bond donors (Lipinski definition) is 3. The van der Waals surface area contributed by atoms with Crippen molar-refractivity contribution in [1.29, 1.82) is 0 Å². The van der Waals surface area contributed by atoms with Gasteiger partial charge in [0.2, 0.25) is 0 Å². The van der Waals surface area contributed by atoms with Crippen molar-refractivity contribution >= 4 is 52.4 Å². The van der Waals surface area contributed by atoms with Gasteiger partial charge in [-0.2, -0.15) is 13.2 Å². The number of alkyl halides is 3. The van der Waals surface area contributed by atoms with Crippen molar-refractivity contribution in [3.05, 3.63) is 58.5 Å². The summed E-state index contributed by atoms with van der Waals surface area (Å²) in [5.74, 6) is -1.47. The molecule has 2 heterocycles. The molecular weight excluding hydrogens is 481 g/mol. The fraction of sp³-hybridized carbons (Fsp3) is 0.150. The molecule has 0 aliphatic heterocycles. The van der Waals surface area contributed by atoms with Crippen LogP contribution in [0.5, 0.6) is 0 Å². The number of anilines is 5. The number of methoxy groups -OCH3 is 2. The summed E-state index contributed by atoms with van der Waals surface area (Å²) in [5, 5.41) is 5.19. The van der Waals surface area contributed by atoms with Gasteiger partial charge < -0.3 is 25.8 Å². The van der Waals surface area contributed by atoms with Gasteiger partial charge in [-0.25, -0.2) is 24.5 Å². The van der Waals surface area contributed by atoms with Gasteiger partial charge in [-0.15, -0.1) is 0 Å². The van der Waals surface area contributed by atoms with Gasteiger partial charge in [0.05, 0.1) is 35.9 Å². The number of ether oxygens (including phenoxy) is 2. The molecular formula is C20H16ClF3N6O4. The van der Waals surface area contributed by atoms with Crippen molar-refractivity contribution in [3.8, 4) is 0 Å². The molecule has 0 spiro atoms. The molecule has 0 bridgehead atoms. The van der Waals surface area contributed by atoms with Crippen LogP contribution in [0.4, 0.5) is 42.0 Å². The number of nitrogen functional groups attached to an aromatic ring is 1. The van der Waals surface area contributed by atoms with Crippen molar-refractivity contribution in [2.75, 3.05) is 30.6 Å². The summed E-state index contributed by atoms with van der Waals surface area (Å²) >= 11 is 5.92. The van der Waals surface area contributed by atoms with Gasteiger partial charge in [0, 0.05) is 11.9 Å². The van der Waals surface area contributed by atoms with Crippen molar-refractivity contribution in [2.24, 2.45) is 0 Å². The third-order valence-corrected chi connectivity index (χ3v) is 4.62. The zero-order chi connectivity index (χ0) is 25.0. The quantitative estimate of drug-likeness (QED) is 0.425. The van der Waals surface area contributed by atoms with Crippen molar-refractivity contribution in [1.82, 2.24) is 15.0 Å². The highest BCUT2D eigenvalue weighted by Crippen LogP contribution is 2.34. The number of nitrogens with zero attached hydrogens (tertiary/aromatic N) is 3. The largest absolute Gasteiger partial charge is 0.465 e. The van der Waals surface area contributed by atoms with E-state index in [0.717, 1.165) is 6.33 Å². The Hall–Kier alpha value is -4.13. The first-order valence-corrected chi connectivity index (χ1v) is 9.60. The van der Waals surface area contributed by atoms with Crippen LogP contribution in [0.25, 0.3) is 0 Å². The highest BCUT2D eigenvalue weighted by Gasteiger charge is 2.31. The lowest BCUT2D eigenvalue weighted by molar-refractivity contribution is -0.137. The van der Waals surface area contributed by atoms with E-state index in [0.29, 0.717) is 12.3 Å². The standard InChI is InChI=1S/C20H16ClF3N6O4/c1-33-18(31)9-3-10(19(32)34-2)5-12(4-9)29-16-14(25)17(28-8-27-16)30-15-13(21)6-11(7-26-15)20(22,23)24/h3-8H,25H2,1-2H3,(H2,26,27,28,29,30). The van der Waals surface area contributed by atoms with E-state index in [4.69, 9.17) is 26.8 Å². The topological polar surface area (TPSA) is 141 Å². The van der Waals surface area contributed by atoms with E-state index < -0.39 is 23.7 Å². The summed E-state index contributed by atoms with van der Waals surface area (Å²) in [6.45, 7) is 0. The molecule has 0 saturated heterocycles. The molecule has 34 heavy (non-hydrogen) atoms. The number of rotatable bonds is 6. The van der Waals surface area contributed by atoms with E-state index in [1.165, 1.54) is 32.4 Å². The molecule has 10 nitrogen and oxygen atoms in total. The third kappa shape index (κ3) is 5.43. The summed E-state index contributed by atoms with van der Waals surface area (Å²) in [6, 6.07) is 4.78. The van der Waals surface area contributed by atoms with Crippen molar-refractivity contribution in [3.63, 3.8) is 0 Å². The zero-order valence-corrected chi connectivity index (χ0v) is 18.3. The maximum atomic E-state index is 12.8. The minimum atomic E-state index is -4.61. The summed E-state index contributed by atoms with van der Waals surface area (Å²) in [4.78, 5) is 35.6. The molecule has 1 aromatic carbocycles. The number of benzene rings is 1. The Bertz CT molecular complexity index is 1220. The highest BCUT2D eigenvalue weighted by molar-refractivity contribution is 6.33. The summed E-state index contributed by atoms with van der Waals surface area (Å²) < 4.78 is 47.9. The van der Waals surface area contributed by atoms with Gasteiger partial charge in [0.1, 0.15) is 17.8 Å². The molecule has 2 aromatic heterocycles. The van der Waals surface area contributed by atoms with E-state index in [1.807, 2.05) is 0 Å². The van der Waals surface area contributed by atoms with E-state index >= 15 is 0 Å². The van der Waals surface area contributed by atoms with Crippen LogP contribution in [0.1, 0.15) is 26.3 Å². The van der Waals surface area contributed by atoms with Gasteiger partial charge in [-0.05, 0) is 24.3 Å². The Labute approximate surface area is 195 Å². The number of halogens is 4. The Kier molecular flexibility index (Phi) is 7.05. The van der Waals surface area contributed by atoms with Crippen molar-refractivity contribution < 1.29 is 32.2 Å². The first-order valence-electron chi connectivity index (χ1n) is 9.22. The van der Waals surface area contributed by atoms with Crippen LogP contribution < -0.4 is 16.4 Å². The molecule has 14 heteroatoms. The predicted octanol–water partition coefficient (Wildman–Crippen LogP) is 4.19. The SMILES string of the molecule is COC(=O)c1cc(Nc2ncnc(Nc3ncc(C(F)(F)F)cc3Cl)c2N)cc(C(=O)OC)c1. The van der Waals surface area contributed by atoms with Crippen LogP contribution >= 0.6 is 11.6 Å². The second-order valence-electron chi connectivity index (χ2n) is 6.57. The maximum absolute atomic E-state index is 12.8. The molecule has 0 fully saturated rings. The minimum Gasteiger partial charge on any atom is -0.465 e. The summed E-state index contributed by atoms with van der Waals surface area (Å²) in [5.41, 5.74) is 5.37. The minimum absolute atomic E-state index is 0.0102. The molecule has 3 rings (SSSR count). The normalized spacial score (nSPS) is 11.0.